The highest BCUT2D eigenvalue weighted by molar-refractivity contribution is 5.78. The molecule has 1 amide bonds. The SMILES string of the molecule is Cc1ccc(CN2CCCC3(C2)C(NC(=O)Cc2ccon2)CCN3C)c(C)c1. The van der Waals surface area contributed by atoms with Gasteiger partial charge in [0.15, 0.2) is 0 Å². The monoisotopic (exact) mass is 396 g/mol. The number of piperidine rings is 1. The molecule has 1 N–H and O–H groups in total. The van der Waals surface area contributed by atoms with Crippen LogP contribution in [0.15, 0.2) is 35.1 Å². The van der Waals surface area contributed by atoms with Crippen molar-refractivity contribution in [1.82, 2.24) is 20.3 Å². The summed E-state index contributed by atoms with van der Waals surface area (Å²) >= 11 is 0. The molecular weight excluding hydrogens is 364 g/mol. The second-order valence-electron chi connectivity index (χ2n) is 8.85. The molecule has 2 saturated heterocycles. The predicted molar refractivity (Wildman–Crippen MR) is 113 cm³/mol. The fourth-order valence-corrected chi connectivity index (χ4v) is 5.17. The number of benzene rings is 1. The van der Waals surface area contributed by atoms with Crippen LogP contribution in [0, 0.1) is 13.8 Å². The van der Waals surface area contributed by atoms with Crippen LogP contribution in [0.1, 0.15) is 41.6 Å². The van der Waals surface area contributed by atoms with E-state index in [-0.39, 0.29) is 23.9 Å². The third-order valence-corrected chi connectivity index (χ3v) is 6.80. The van der Waals surface area contributed by atoms with E-state index in [2.05, 4.69) is 59.4 Å². The number of amides is 1. The lowest BCUT2D eigenvalue weighted by Gasteiger charge is -2.48. The number of likely N-dealkylation sites (N-methyl/N-ethyl adjacent to an activating group) is 1. The Hall–Kier alpha value is -2.18. The van der Waals surface area contributed by atoms with Crippen LogP contribution in [-0.2, 0) is 17.8 Å². The van der Waals surface area contributed by atoms with Gasteiger partial charge in [-0.2, -0.15) is 0 Å². The van der Waals surface area contributed by atoms with E-state index >= 15 is 0 Å². The number of aryl methyl sites for hydroxylation is 2. The molecule has 3 heterocycles. The average Bonchev–Trinajstić information content (AvgIpc) is 3.29. The number of hydrogen-bond donors (Lipinski definition) is 1. The molecule has 0 aliphatic carbocycles. The molecule has 6 heteroatoms. The van der Waals surface area contributed by atoms with Crippen LogP contribution in [0.4, 0.5) is 0 Å². The average molecular weight is 397 g/mol. The largest absolute Gasteiger partial charge is 0.364 e. The van der Waals surface area contributed by atoms with E-state index in [0.29, 0.717) is 5.69 Å². The molecule has 2 aliphatic heterocycles. The minimum absolute atomic E-state index is 0.0103. The Balaban J connectivity index is 1.45. The number of rotatable bonds is 5. The fraction of sp³-hybridized carbons (Fsp3) is 0.565. The van der Waals surface area contributed by atoms with Crippen molar-refractivity contribution in [2.45, 2.75) is 57.7 Å². The first-order valence-corrected chi connectivity index (χ1v) is 10.6. The molecule has 4 rings (SSSR count). The van der Waals surface area contributed by atoms with Gasteiger partial charge in [0.2, 0.25) is 5.91 Å². The third kappa shape index (κ3) is 4.23. The van der Waals surface area contributed by atoms with Crippen molar-refractivity contribution >= 4 is 5.91 Å². The van der Waals surface area contributed by atoms with Gasteiger partial charge in [-0.15, -0.1) is 0 Å². The zero-order chi connectivity index (χ0) is 20.4. The normalized spacial score (nSPS) is 25.6. The summed E-state index contributed by atoms with van der Waals surface area (Å²) in [6.07, 6.45) is 5.07. The zero-order valence-corrected chi connectivity index (χ0v) is 17.8. The Bertz CT molecular complexity index is 851. The summed E-state index contributed by atoms with van der Waals surface area (Å²) in [6.45, 7) is 8.45. The molecule has 0 bridgehead atoms. The lowest BCUT2D eigenvalue weighted by Crippen LogP contribution is -2.63. The fourth-order valence-electron chi connectivity index (χ4n) is 5.17. The van der Waals surface area contributed by atoms with Crippen molar-refractivity contribution in [2.75, 3.05) is 26.7 Å². The van der Waals surface area contributed by atoms with Gasteiger partial charge in [0, 0.05) is 31.7 Å². The molecule has 2 unspecified atom stereocenters. The summed E-state index contributed by atoms with van der Waals surface area (Å²) in [4.78, 5) is 17.7. The molecular formula is C23H32N4O2. The maximum Gasteiger partial charge on any atom is 0.226 e. The van der Waals surface area contributed by atoms with Gasteiger partial charge in [-0.25, -0.2) is 0 Å². The Morgan fingerprint density at radius 3 is 2.93 bits per heavy atom. The number of carbonyl (C=O) groups is 1. The minimum atomic E-state index is 0.0103. The van der Waals surface area contributed by atoms with E-state index in [1.54, 1.807) is 6.07 Å². The van der Waals surface area contributed by atoms with Gasteiger partial charge in [0.25, 0.3) is 0 Å². The Kier molecular flexibility index (Phi) is 5.74. The molecule has 1 aromatic heterocycles. The molecule has 1 spiro atoms. The van der Waals surface area contributed by atoms with E-state index in [1.165, 1.54) is 23.0 Å². The number of nitrogens with zero attached hydrogens (tertiary/aromatic N) is 3. The van der Waals surface area contributed by atoms with Crippen LogP contribution >= 0.6 is 0 Å². The standard InChI is InChI=1S/C23H32N4O2/c1-17-5-6-19(18(2)13-17)15-27-10-4-9-23(16-27)21(7-11-26(23)3)24-22(28)14-20-8-12-29-25-20/h5-6,8,12-13,21H,4,7,9-11,14-16H2,1-3H3,(H,24,28). The molecule has 2 aliphatic rings. The molecule has 0 saturated carbocycles. The van der Waals surface area contributed by atoms with E-state index in [9.17, 15) is 4.79 Å². The van der Waals surface area contributed by atoms with Crippen LogP contribution in [-0.4, -0.2) is 59.1 Å². The molecule has 6 nitrogen and oxygen atoms in total. The Morgan fingerprint density at radius 1 is 1.31 bits per heavy atom. The molecule has 2 fully saturated rings. The van der Waals surface area contributed by atoms with Gasteiger partial charge in [-0.1, -0.05) is 28.9 Å². The van der Waals surface area contributed by atoms with Gasteiger partial charge >= 0.3 is 0 Å². The van der Waals surface area contributed by atoms with E-state index < -0.39 is 0 Å². The van der Waals surface area contributed by atoms with Crippen molar-refractivity contribution < 1.29 is 9.32 Å². The lowest BCUT2D eigenvalue weighted by molar-refractivity contribution is -0.122. The van der Waals surface area contributed by atoms with Crippen LogP contribution in [0.5, 0.6) is 0 Å². The molecule has 2 atom stereocenters. The van der Waals surface area contributed by atoms with Gasteiger partial charge in [0.05, 0.1) is 17.7 Å². The van der Waals surface area contributed by atoms with E-state index in [1.807, 2.05) is 0 Å². The van der Waals surface area contributed by atoms with Gasteiger partial charge in [-0.05, 0) is 57.8 Å². The summed E-state index contributed by atoms with van der Waals surface area (Å²) in [5.41, 5.74) is 4.77. The molecule has 156 valence electrons. The van der Waals surface area contributed by atoms with Crippen LogP contribution in [0.3, 0.4) is 0 Å². The van der Waals surface area contributed by atoms with Crippen molar-refractivity contribution in [2.24, 2.45) is 0 Å². The second-order valence-corrected chi connectivity index (χ2v) is 8.85. The lowest BCUT2D eigenvalue weighted by atomic mass is 9.82. The summed E-state index contributed by atoms with van der Waals surface area (Å²) < 4.78 is 4.85. The number of likely N-dealkylation sites (tertiary alicyclic amines) is 2. The molecule has 2 aromatic rings. The first-order chi connectivity index (χ1) is 14.0. The first kappa shape index (κ1) is 20.1. The van der Waals surface area contributed by atoms with Crippen molar-refractivity contribution in [3.05, 3.63) is 52.9 Å². The van der Waals surface area contributed by atoms with E-state index in [4.69, 9.17) is 4.52 Å². The molecule has 29 heavy (non-hydrogen) atoms. The van der Waals surface area contributed by atoms with Crippen molar-refractivity contribution in [3.8, 4) is 0 Å². The topological polar surface area (TPSA) is 61.6 Å². The molecule has 1 aromatic carbocycles. The van der Waals surface area contributed by atoms with Gasteiger partial charge < -0.3 is 9.84 Å². The van der Waals surface area contributed by atoms with Crippen molar-refractivity contribution in [1.29, 1.82) is 0 Å². The maximum atomic E-state index is 12.6. The van der Waals surface area contributed by atoms with Crippen LogP contribution < -0.4 is 5.32 Å². The van der Waals surface area contributed by atoms with Gasteiger partial charge in [-0.3, -0.25) is 14.6 Å². The molecule has 0 radical (unpaired) electrons. The smallest absolute Gasteiger partial charge is 0.226 e. The maximum absolute atomic E-state index is 12.6. The highest BCUT2D eigenvalue weighted by Crippen LogP contribution is 2.37. The second kappa shape index (κ2) is 8.28. The van der Waals surface area contributed by atoms with Gasteiger partial charge in [0.1, 0.15) is 6.26 Å². The first-order valence-electron chi connectivity index (χ1n) is 10.6. The summed E-state index contributed by atoms with van der Waals surface area (Å²) in [5.74, 6) is 0.0325. The predicted octanol–water partition coefficient (Wildman–Crippen LogP) is 2.69. The summed E-state index contributed by atoms with van der Waals surface area (Å²) in [7, 11) is 2.21. The minimum Gasteiger partial charge on any atom is -0.364 e. The van der Waals surface area contributed by atoms with Crippen LogP contribution in [0.2, 0.25) is 0 Å². The number of aromatic nitrogens is 1. The number of carbonyl (C=O) groups excluding carboxylic acids is 1. The number of nitrogens with one attached hydrogen (secondary N) is 1. The Morgan fingerprint density at radius 2 is 2.17 bits per heavy atom. The summed E-state index contributed by atoms with van der Waals surface area (Å²) in [6, 6.07) is 8.67. The zero-order valence-electron chi connectivity index (χ0n) is 17.8. The quantitative estimate of drug-likeness (QED) is 0.842. The summed E-state index contributed by atoms with van der Waals surface area (Å²) in [5, 5.41) is 7.19. The third-order valence-electron chi connectivity index (χ3n) is 6.80. The Labute approximate surface area is 173 Å². The highest BCUT2D eigenvalue weighted by Gasteiger charge is 2.49. The number of hydrogen-bond acceptors (Lipinski definition) is 5. The highest BCUT2D eigenvalue weighted by atomic mass is 16.5. The van der Waals surface area contributed by atoms with E-state index in [0.717, 1.165) is 45.4 Å². The van der Waals surface area contributed by atoms with Crippen molar-refractivity contribution in [3.63, 3.8) is 0 Å². The van der Waals surface area contributed by atoms with Crippen LogP contribution in [0.25, 0.3) is 0 Å².